The molecule has 1 aliphatic carbocycles. The van der Waals surface area contributed by atoms with Crippen LogP contribution < -0.4 is 10.5 Å². The highest BCUT2D eigenvalue weighted by Crippen LogP contribution is 2.41. The Bertz CT molecular complexity index is 1420. The monoisotopic (exact) mass is 478 g/mol. The molecule has 0 spiro atoms. The van der Waals surface area contributed by atoms with Crippen LogP contribution in [0.2, 0.25) is 5.15 Å². The summed E-state index contributed by atoms with van der Waals surface area (Å²) < 4.78 is 24.3. The number of nitrogen functional groups attached to an aromatic ring is 1. The Morgan fingerprint density at radius 1 is 1.21 bits per heavy atom. The molecule has 0 amide bonds. The van der Waals surface area contributed by atoms with Crippen molar-refractivity contribution in [1.29, 1.82) is 0 Å². The van der Waals surface area contributed by atoms with Crippen molar-refractivity contribution in [2.24, 2.45) is 13.0 Å². The maximum atomic E-state index is 14.3. The van der Waals surface area contributed by atoms with Crippen molar-refractivity contribution >= 4 is 17.4 Å². The summed E-state index contributed by atoms with van der Waals surface area (Å²) in [5.41, 5.74) is 12.1. The number of aryl methyl sites for hydroxylation is 1. The maximum Gasteiger partial charge on any atom is 0.166 e. The van der Waals surface area contributed by atoms with E-state index in [1.54, 1.807) is 16.9 Å². The van der Waals surface area contributed by atoms with Gasteiger partial charge in [-0.3, -0.25) is 9.36 Å². The number of aromatic nitrogens is 5. The Hall–Kier alpha value is -3.39. The molecule has 1 aliphatic heterocycles. The molecule has 1 fully saturated rings. The lowest BCUT2D eigenvalue weighted by Gasteiger charge is -2.21. The van der Waals surface area contributed by atoms with Gasteiger partial charge in [-0.1, -0.05) is 17.7 Å². The number of rotatable bonds is 2. The first-order chi connectivity index (χ1) is 16.4. The zero-order chi connectivity index (χ0) is 23.6. The van der Waals surface area contributed by atoms with Crippen molar-refractivity contribution in [3.63, 3.8) is 0 Å². The van der Waals surface area contributed by atoms with Gasteiger partial charge in [-0.25, -0.2) is 9.37 Å². The average Bonchev–Trinajstić information content (AvgIpc) is 3.46. The summed E-state index contributed by atoms with van der Waals surface area (Å²) in [4.78, 5) is 4.40. The summed E-state index contributed by atoms with van der Waals surface area (Å²) in [7, 11) is 1.88. The van der Waals surface area contributed by atoms with E-state index in [1.807, 2.05) is 30.9 Å². The predicted molar refractivity (Wildman–Crippen MR) is 128 cm³/mol. The van der Waals surface area contributed by atoms with E-state index in [1.165, 1.54) is 25.0 Å². The molecule has 1 atom stereocenters. The van der Waals surface area contributed by atoms with E-state index in [9.17, 15) is 4.39 Å². The molecule has 2 N–H and O–H groups in total. The van der Waals surface area contributed by atoms with Gasteiger partial charge in [0.1, 0.15) is 11.9 Å². The van der Waals surface area contributed by atoms with E-state index in [-0.39, 0.29) is 11.6 Å². The van der Waals surface area contributed by atoms with E-state index < -0.39 is 6.10 Å². The van der Waals surface area contributed by atoms with Crippen molar-refractivity contribution in [3.8, 4) is 28.1 Å². The van der Waals surface area contributed by atoms with E-state index in [0.717, 1.165) is 40.2 Å². The SMILES string of the molecule is CC1Oc2cc(cnc2N)-c2c(c(Cl)nn2CC2CC2)Cc2nn(C)cc2-c2ccc(F)cc21. The molecule has 0 saturated heterocycles. The first-order valence-electron chi connectivity index (χ1n) is 11.4. The number of halogens is 2. The van der Waals surface area contributed by atoms with E-state index in [0.29, 0.717) is 28.8 Å². The molecule has 6 rings (SSSR count). The topological polar surface area (TPSA) is 83.8 Å². The molecule has 4 heterocycles. The minimum Gasteiger partial charge on any atom is -0.482 e. The normalized spacial score (nSPS) is 17.1. The number of anilines is 1. The van der Waals surface area contributed by atoms with Crippen LogP contribution >= 0.6 is 11.6 Å². The van der Waals surface area contributed by atoms with Crippen LogP contribution in [0.1, 0.15) is 42.7 Å². The summed E-state index contributed by atoms with van der Waals surface area (Å²) in [5.74, 6) is 0.978. The van der Waals surface area contributed by atoms with Crippen molar-refractivity contribution in [2.75, 3.05) is 5.73 Å². The third-order valence-corrected chi connectivity index (χ3v) is 6.88. The van der Waals surface area contributed by atoms with Crippen LogP contribution in [0.4, 0.5) is 10.2 Å². The molecule has 2 aliphatic rings. The summed E-state index contributed by atoms with van der Waals surface area (Å²) in [6.07, 6.45) is 6.05. The minimum atomic E-state index is -0.475. The first kappa shape index (κ1) is 21.2. The van der Waals surface area contributed by atoms with Crippen LogP contribution in [0.15, 0.2) is 36.7 Å². The quantitative estimate of drug-likeness (QED) is 0.429. The lowest BCUT2D eigenvalue weighted by atomic mass is 9.94. The summed E-state index contributed by atoms with van der Waals surface area (Å²) in [6, 6.07) is 6.60. The Morgan fingerprint density at radius 3 is 2.82 bits per heavy atom. The Balaban J connectivity index is 1.62. The number of nitrogens with zero attached hydrogens (tertiary/aromatic N) is 5. The number of pyridine rings is 1. The summed E-state index contributed by atoms with van der Waals surface area (Å²) >= 11 is 6.73. The molecule has 7 nitrogen and oxygen atoms in total. The van der Waals surface area contributed by atoms with Gasteiger partial charge in [-0.05, 0) is 49.4 Å². The molecule has 1 aromatic carbocycles. The van der Waals surface area contributed by atoms with Gasteiger partial charge in [-0.15, -0.1) is 0 Å². The van der Waals surface area contributed by atoms with Gasteiger partial charge in [0.15, 0.2) is 16.7 Å². The molecule has 1 saturated carbocycles. The van der Waals surface area contributed by atoms with E-state index in [4.69, 9.17) is 27.2 Å². The van der Waals surface area contributed by atoms with Gasteiger partial charge in [-0.2, -0.15) is 10.2 Å². The molecule has 4 aromatic rings. The number of fused-ring (bicyclic) bond motifs is 7. The number of hydrogen-bond acceptors (Lipinski definition) is 5. The van der Waals surface area contributed by atoms with Crippen molar-refractivity contribution < 1.29 is 9.13 Å². The molecular weight excluding hydrogens is 455 g/mol. The highest BCUT2D eigenvalue weighted by molar-refractivity contribution is 6.30. The second-order valence-corrected chi connectivity index (χ2v) is 9.54. The van der Waals surface area contributed by atoms with Crippen molar-refractivity contribution in [2.45, 2.75) is 38.8 Å². The number of benzene rings is 1. The zero-order valence-corrected chi connectivity index (χ0v) is 19.7. The fourth-order valence-corrected chi connectivity index (χ4v) is 4.98. The fourth-order valence-electron chi connectivity index (χ4n) is 4.73. The fraction of sp³-hybridized carbons (Fsp3) is 0.320. The zero-order valence-electron chi connectivity index (χ0n) is 18.9. The van der Waals surface area contributed by atoms with Gasteiger partial charge in [0.25, 0.3) is 0 Å². The van der Waals surface area contributed by atoms with Crippen LogP contribution in [0.25, 0.3) is 22.4 Å². The second kappa shape index (κ2) is 7.84. The Morgan fingerprint density at radius 2 is 2.03 bits per heavy atom. The number of nitrogens with two attached hydrogens (primary N) is 1. The molecular formula is C25H24ClFN6O. The highest BCUT2D eigenvalue weighted by atomic mass is 35.5. The van der Waals surface area contributed by atoms with Crippen LogP contribution in [0.3, 0.4) is 0 Å². The summed E-state index contributed by atoms with van der Waals surface area (Å²) in [6.45, 7) is 2.68. The number of hydrogen-bond donors (Lipinski definition) is 1. The average molecular weight is 479 g/mol. The standard InChI is InChI=1S/C25H24ClFN6O/c1-13-18-8-16(27)5-6-17(18)20-12-32(2)30-21(20)9-19-23(15-7-22(34-13)25(28)29-10-15)33(31-24(19)26)11-14-3-4-14/h5-8,10,12-14H,3-4,9,11H2,1-2H3,(H2,28,29). The van der Waals surface area contributed by atoms with Gasteiger partial charge < -0.3 is 10.5 Å². The van der Waals surface area contributed by atoms with Gasteiger partial charge in [0.2, 0.25) is 0 Å². The Labute approximate surface area is 201 Å². The van der Waals surface area contributed by atoms with Gasteiger partial charge in [0.05, 0.1) is 11.4 Å². The summed E-state index contributed by atoms with van der Waals surface area (Å²) in [5, 5.41) is 9.87. The van der Waals surface area contributed by atoms with Crippen LogP contribution in [-0.4, -0.2) is 24.5 Å². The first-order valence-corrected chi connectivity index (χ1v) is 11.7. The largest absolute Gasteiger partial charge is 0.482 e. The maximum absolute atomic E-state index is 14.3. The highest BCUT2D eigenvalue weighted by Gasteiger charge is 2.29. The lowest BCUT2D eigenvalue weighted by molar-refractivity contribution is 0.228. The third kappa shape index (κ3) is 3.62. The van der Waals surface area contributed by atoms with Gasteiger partial charge >= 0.3 is 0 Å². The molecule has 174 valence electrons. The second-order valence-electron chi connectivity index (χ2n) is 9.18. The minimum absolute atomic E-state index is 0.272. The third-order valence-electron chi connectivity index (χ3n) is 6.58. The van der Waals surface area contributed by atoms with Gasteiger partial charge in [0, 0.05) is 54.7 Å². The molecule has 34 heavy (non-hydrogen) atoms. The van der Waals surface area contributed by atoms with E-state index >= 15 is 0 Å². The van der Waals surface area contributed by atoms with Crippen LogP contribution in [0.5, 0.6) is 5.75 Å². The van der Waals surface area contributed by atoms with E-state index in [2.05, 4.69) is 10.1 Å². The van der Waals surface area contributed by atoms with Crippen LogP contribution in [0, 0.1) is 11.7 Å². The van der Waals surface area contributed by atoms with Crippen molar-refractivity contribution in [1.82, 2.24) is 24.5 Å². The molecule has 0 radical (unpaired) electrons. The smallest absolute Gasteiger partial charge is 0.166 e. The van der Waals surface area contributed by atoms with Crippen LogP contribution in [-0.2, 0) is 20.0 Å². The molecule has 2 bridgehead atoms. The molecule has 3 aromatic heterocycles. The Kier molecular flexibility index (Phi) is 4.88. The van der Waals surface area contributed by atoms with Crippen molar-refractivity contribution in [3.05, 3.63) is 64.5 Å². The lowest BCUT2D eigenvalue weighted by Crippen LogP contribution is -2.10. The predicted octanol–water partition coefficient (Wildman–Crippen LogP) is 5.17. The molecule has 1 unspecified atom stereocenters. The molecule has 9 heteroatoms. The number of ether oxygens (including phenoxy) is 1.